The van der Waals surface area contributed by atoms with E-state index in [4.69, 9.17) is 4.98 Å². The minimum Gasteiger partial charge on any atom is -0.321 e. The quantitative estimate of drug-likeness (QED) is 0.440. The molecule has 3 aromatic carbocycles. The molecular formula is C23H21FN2. The maximum Gasteiger partial charge on any atom is 0.141 e. The first-order chi connectivity index (χ1) is 12.8. The summed E-state index contributed by atoms with van der Waals surface area (Å²) in [7, 11) is 0. The zero-order valence-electron chi connectivity index (χ0n) is 14.8. The van der Waals surface area contributed by atoms with Crippen LogP contribution in [0.2, 0.25) is 0 Å². The predicted octanol–water partition coefficient (Wildman–Crippen LogP) is 5.90. The van der Waals surface area contributed by atoms with Gasteiger partial charge in [0.1, 0.15) is 12.5 Å². The van der Waals surface area contributed by atoms with Gasteiger partial charge in [-0.05, 0) is 35.2 Å². The molecule has 0 amide bonds. The molecule has 0 radical (unpaired) electrons. The lowest BCUT2D eigenvalue weighted by atomic mass is 10.0. The van der Waals surface area contributed by atoms with Crippen LogP contribution >= 0.6 is 0 Å². The van der Waals surface area contributed by atoms with E-state index in [1.807, 2.05) is 28.8 Å². The van der Waals surface area contributed by atoms with Crippen LogP contribution in [0.15, 0.2) is 72.8 Å². The molecule has 0 aliphatic carbocycles. The fourth-order valence-corrected chi connectivity index (χ4v) is 3.35. The average Bonchev–Trinajstić information content (AvgIpc) is 3.07. The van der Waals surface area contributed by atoms with Crippen LogP contribution in [0.1, 0.15) is 12.5 Å². The molecule has 1 heterocycles. The van der Waals surface area contributed by atoms with Crippen LogP contribution in [-0.2, 0) is 13.0 Å². The summed E-state index contributed by atoms with van der Waals surface area (Å²) in [6, 6.07) is 24.9. The maximum absolute atomic E-state index is 13.1. The van der Waals surface area contributed by atoms with Crippen LogP contribution in [0, 0.1) is 0 Å². The molecule has 0 fully saturated rings. The Kier molecular flexibility index (Phi) is 4.53. The summed E-state index contributed by atoms with van der Waals surface area (Å²) in [4.78, 5) is 4.72. The first kappa shape index (κ1) is 16.5. The molecule has 2 nitrogen and oxygen atoms in total. The Morgan fingerprint density at radius 1 is 0.808 bits per heavy atom. The van der Waals surface area contributed by atoms with E-state index in [2.05, 4.69) is 55.5 Å². The van der Waals surface area contributed by atoms with Gasteiger partial charge in [0.15, 0.2) is 0 Å². The number of rotatable bonds is 5. The third-order valence-electron chi connectivity index (χ3n) is 4.80. The van der Waals surface area contributed by atoms with Crippen LogP contribution in [0.4, 0.5) is 4.39 Å². The van der Waals surface area contributed by atoms with Gasteiger partial charge in [0.2, 0.25) is 0 Å². The van der Waals surface area contributed by atoms with Crippen LogP contribution in [0.25, 0.3) is 33.5 Å². The zero-order valence-corrected chi connectivity index (χ0v) is 14.8. The Morgan fingerprint density at radius 2 is 1.42 bits per heavy atom. The van der Waals surface area contributed by atoms with Gasteiger partial charge in [0.25, 0.3) is 0 Å². The summed E-state index contributed by atoms with van der Waals surface area (Å²) in [6.45, 7) is 2.07. The number of aryl methyl sites for hydroxylation is 2. The van der Waals surface area contributed by atoms with Crippen molar-refractivity contribution in [1.29, 1.82) is 0 Å². The molecule has 4 rings (SSSR count). The second-order valence-electron chi connectivity index (χ2n) is 6.39. The Hall–Kier alpha value is -2.94. The minimum absolute atomic E-state index is 0.316. The number of benzene rings is 3. The zero-order chi connectivity index (χ0) is 17.9. The Bertz CT molecular complexity index is 1010. The molecule has 0 saturated carbocycles. The first-order valence-corrected chi connectivity index (χ1v) is 9.01. The topological polar surface area (TPSA) is 17.8 Å². The van der Waals surface area contributed by atoms with Gasteiger partial charge in [0, 0.05) is 5.56 Å². The highest BCUT2D eigenvalue weighted by Crippen LogP contribution is 2.27. The van der Waals surface area contributed by atoms with E-state index in [1.54, 1.807) is 0 Å². The molecule has 0 aliphatic rings. The second kappa shape index (κ2) is 7.12. The highest BCUT2D eigenvalue weighted by molar-refractivity contribution is 5.81. The number of alkyl halides is 1. The van der Waals surface area contributed by atoms with Gasteiger partial charge in [-0.15, -0.1) is 0 Å². The molecule has 0 unspecified atom stereocenters. The Labute approximate surface area is 152 Å². The van der Waals surface area contributed by atoms with E-state index in [-0.39, 0.29) is 0 Å². The van der Waals surface area contributed by atoms with Gasteiger partial charge in [-0.25, -0.2) is 9.37 Å². The molecule has 0 N–H and O–H groups in total. The van der Waals surface area contributed by atoms with Crippen molar-refractivity contribution in [3.8, 4) is 22.5 Å². The van der Waals surface area contributed by atoms with Crippen molar-refractivity contribution in [3.05, 3.63) is 78.4 Å². The predicted molar refractivity (Wildman–Crippen MR) is 106 cm³/mol. The number of imidazole rings is 1. The molecule has 130 valence electrons. The number of nitrogens with zero attached hydrogens (tertiary/aromatic N) is 2. The van der Waals surface area contributed by atoms with E-state index >= 15 is 0 Å². The molecule has 0 spiro atoms. The van der Waals surface area contributed by atoms with Crippen molar-refractivity contribution in [2.24, 2.45) is 0 Å². The summed E-state index contributed by atoms with van der Waals surface area (Å²) in [6.07, 6.45) is 1.05. The van der Waals surface area contributed by atoms with E-state index in [9.17, 15) is 4.39 Å². The molecule has 26 heavy (non-hydrogen) atoms. The second-order valence-corrected chi connectivity index (χ2v) is 6.39. The molecular weight excluding hydrogens is 323 g/mol. The van der Waals surface area contributed by atoms with Crippen LogP contribution in [-0.4, -0.2) is 16.2 Å². The summed E-state index contributed by atoms with van der Waals surface area (Å²) in [5.41, 5.74) is 6.58. The third-order valence-corrected chi connectivity index (χ3v) is 4.80. The lowest BCUT2D eigenvalue weighted by Crippen LogP contribution is -2.02. The number of aromatic nitrogens is 2. The van der Waals surface area contributed by atoms with Crippen molar-refractivity contribution in [3.63, 3.8) is 0 Å². The maximum atomic E-state index is 13.1. The van der Waals surface area contributed by atoms with Crippen molar-refractivity contribution in [2.75, 3.05) is 6.67 Å². The van der Waals surface area contributed by atoms with Gasteiger partial charge < -0.3 is 4.57 Å². The Morgan fingerprint density at radius 3 is 2.08 bits per heavy atom. The SMILES string of the molecule is CCc1ccc(-c2ccc(-c3nc4ccccc4n3CCF)cc2)cc1. The molecule has 0 bridgehead atoms. The summed E-state index contributed by atoms with van der Waals surface area (Å²) >= 11 is 0. The molecule has 0 saturated heterocycles. The van der Waals surface area contributed by atoms with Gasteiger partial charge >= 0.3 is 0 Å². The lowest BCUT2D eigenvalue weighted by Gasteiger charge is -2.08. The van der Waals surface area contributed by atoms with Gasteiger partial charge in [-0.2, -0.15) is 0 Å². The van der Waals surface area contributed by atoms with Crippen LogP contribution < -0.4 is 0 Å². The third kappa shape index (κ3) is 3.01. The van der Waals surface area contributed by atoms with E-state index in [1.165, 1.54) is 16.7 Å². The number of para-hydroxylation sites is 2. The van der Waals surface area contributed by atoms with Crippen LogP contribution in [0.5, 0.6) is 0 Å². The van der Waals surface area contributed by atoms with E-state index in [0.29, 0.717) is 6.54 Å². The highest BCUT2D eigenvalue weighted by atomic mass is 19.1. The summed E-state index contributed by atoms with van der Waals surface area (Å²) < 4.78 is 15.0. The smallest absolute Gasteiger partial charge is 0.141 e. The lowest BCUT2D eigenvalue weighted by molar-refractivity contribution is 0.451. The van der Waals surface area contributed by atoms with Gasteiger partial charge in [-0.3, -0.25) is 0 Å². The van der Waals surface area contributed by atoms with Crippen molar-refractivity contribution in [2.45, 2.75) is 19.9 Å². The average molecular weight is 344 g/mol. The van der Waals surface area contributed by atoms with Crippen molar-refractivity contribution >= 4 is 11.0 Å². The fraction of sp³-hybridized carbons (Fsp3) is 0.174. The van der Waals surface area contributed by atoms with Crippen molar-refractivity contribution < 1.29 is 4.39 Å². The number of hydrogen-bond acceptors (Lipinski definition) is 1. The summed E-state index contributed by atoms with van der Waals surface area (Å²) in [5.74, 6) is 0.816. The van der Waals surface area contributed by atoms with E-state index < -0.39 is 6.67 Å². The number of fused-ring (bicyclic) bond motifs is 1. The molecule has 4 aromatic rings. The van der Waals surface area contributed by atoms with Crippen LogP contribution in [0.3, 0.4) is 0 Å². The minimum atomic E-state index is -0.408. The van der Waals surface area contributed by atoms with E-state index in [0.717, 1.165) is 28.8 Å². The molecule has 0 aliphatic heterocycles. The normalized spacial score (nSPS) is 11.2. The highest BCUT2D eigenvalue weighted by Gasteiger charge is 2.12. The Balaban J connectivity index is 1.72. The molecule has 0 atom stereocenters. The van der Waals surface area contributed by atoms with Gasteiger partial charge in [0.05, 0.1) is 17.6 Å². The number of halogens is 1. The first-order valence-electron chi connectivity index (χ1n) is 9.01. The summed E-state index contributed by atoms with van der Waals surface area (Å²) in [5, 5.41) is 0. The number of hydrogen-bond donors (Lipinski definition) is 0. The van der Waals surface area contributed by atoms with Gasteiger partial charge in [-0.1, -0.05) is 67.6 Å². The largest absolute Gasteiger partial charge is 0.321 e. The monoisotopic (exact) mass is 344 g/mol. The van der Waals surface area contributed by atoms with Crippen molar-refractivity contribution in [1.82, 2.24) is 9.55 Å². The molecule has 1 aromatic heterocycles. The standard InChI is InChI=1S/C23H21FN2/c1-2-17-7-9-18(10-8-17)19-11-13-20(14-12-19)23-25-21-5-3-4-6-22(21)26(23)16-15-24/h3-14H,2,15-16H2,1H3. The molecule has 3 heteroatoms. The fourth-order valence-electron chi connectivity index (χ4n) is 3.35.